The minimum absolute atomic E-state index is 0.338. The topological polar surface area (TPSA) is 76.1 Å². The van der Waals surface area contributed by atoms with Gasteiger partial charge in [0.05, 0.1) is 6.10 Å². The van der Waals surface area contributed by atoms with Crippen LogP contribution in [0.5, 0.6) is 0 Å². The normalized spacial score (nSPS) is 19.1. The predicted molar refractivity (Wildman–Crippen MR) is 54.5 cm³/mol. The highest BCUT2D eigenvalue weighted by atomic mass is 16.7. The van der Waals surface area contributed by atoms with Crippen LogP contribution in [0.2, 0.25) is 0 Å². The van der Waals surface area contributed by atoms with E-state index in [0.717, 1.165) is 0 Å². The maximum atomic E-state index is 11.5. The third-order valence-corrected chi connectivity index (χ3v) is 2.32. The van der Waals surface area contributed by atoms with E-state index in [9.17, 15) is 14.7 Å². The molecular weight excluding hydrogens is 214 g/mol. The average Bonchev–Trinajstić information content (AvgIpc) is 2.16. The summed E-state index contributed by atoms with van der Waals surface area (Å²) < 4.78 is 9.57. The van der Waals surface area contributed by atoms with Crippen LogP contribution in [-0.2, 0) is 14.3 Å². The van der Waals surface area contributed by atoms with Crippen molar-refractivity contribution in [2.75, 3.05) is 13.1 Å². The van der Waals surface area contributed by atoms with Crippen molar-refractivity contribution in [2.24, 2.45) is 0 Å². The van der Waals surface area contributed by atoms with Gasteiger partial charge in [-0.05, 0) is 12.8 Å². The number of rotatable bonds is 2. The van der Waals surface area contributed by atoms with Crippen LogP contribution >= 0.6 is 0 Å². The number of carbonyl (C=O) groups excluding carboxylic acids is 2. The average molecular weight is 231 g/mol. The Labute approximate surface area is 94.1 Å². The summed E-state index contributed by atoms with van der Waals surface area (Å²) in [5.41, 5.74) is 0. The molecule has 0 aromatic carbocycles. The Bertz CT molecular complexity index is 260. The van der Waals surface area contributed by atoms with Gasteiger partial charge in [-0.2, -0.15) is 0 Å². The highest BCUT2D eigenvalue weighted by molar-refractivity contribution is 5.69. The van der Waals surface area contributed by atoms with Gasteiger partial charge in [0.1, 0.15) is 0 Å². The fourth-order valence-electron chi connectivity index (χ4n) is 1.52. The van der Waals surface area contributed by atoms with Crippen molar-refractivity contribution in [3.63, 3.8) is 0 Å². The number of aliphatic hydroxyl groups excluding tert-OH is 1. The maximum Gasteiger partial charge on any atom is 0.412 e. The lowest BCUT2D eigenvalue weighted by Crippen LogP contribution is -2.41. The van der Waals surface area contributed by atoms with Crippen molar-refractivity contribution >= 4 is 12.1 Å². The van der Waals surface area contributed by atoms with Crippen molar-refractivity contribution in [2.45, 2.75) is 39.1 Å². The number of amides is 1. The Morgan fingerprint density at radius 3 is 2.38 bits per heavy atom. The molecule has 1 heterocycles. The molecule has 1 unspecified atom stereocenters. The van der Waals surface area contributed by atoms with Gasteiger partial charge in [-0.25, -0.2) is 4.79 Å². The molecule has 1 rings (SSSR count). The number of nitrogens with zero attached hydrogens (tertiary/aromatic N) is 1. The van der Waals surface area contributed by atoms with E-state index in [-0.39, 0.29) is 6.10 Å². The molecule has 1 aliphatic rings. The first-order valence-electron chi connectivity index (χ1n) is 5.30. The van der Waals surface area contributed by atoms with Crippen LogP contribution in [0.1, 0.15) is 26.7 Å². The summed E-state index contributed by atoms with van der Waals surface area (Å²) in [4.78, 5) is 23.6. The Kier molecular flexibility index (Phi) is 4.54. The van der Waals surface area contributed by atoms with Crippen LogP contribution in [0.4, 0.5) is 4.79 Å². The standard InChI is InChI=1S/C10H17NO5/c1-7(12)15-8(2)16-10(14)11-5-3-9(13)4-6-11/h8-9,13H,3-6H2,1-2H3. The number of hydrogen-bond acceptors (Lipinski definition) is 5. The predicted octanol–water partition coefficient (Wildman–Crippen LogP) is 0.489. The first kappa shape index (κ1) is 12.8. The molecule has 0 aliphatic carbocycles. The molecule has 0 aromatic rings. The van der Waals surface area contributed by atoms with Gasteiger partial charge >= 0.3 is 12.1 Å². The summed E-state index contributed by atoms with van der Waals surface area (Å²) in [6.07, 6.45) is -0.624. The SMILES string of the molecule is CC(=O)OC(C)OC(=O)N1CCC(O)CC1. The smallest absolute Gasteiger partial charge is 0.412 e. The van der Waals surface area contributed by atoms with Crippen LogP contribution in [0.25, 0.3) is 0 Å². The molecular formula is C10H17NO5. The molecule has 1 fully saturated rings. The molecule has 0 radical (unpaired) electrons. The van der Waals surface area contributed by atoms with Crippen LogP contribution in [0.3, 0.4) is 0 Å². The molecule has 1 amide bonds. The fraction of sp³-hybridized carbons (Fsp3) is 0.800. The second kappa shape index (κ2) is 5.69. The number of aliphatic hydroxyl groups is 1. The van der Waals surface area contributed by atoms with E-state index in [0.29, 0.717) is 25.9 Å². The zero-order valence-corrected chi connectivity index (χ0v) is 9.51. The number of ether oxygens (including phenoxy) is 2. The van der Waals surface area contributed by atoms with Gasteiger partial charge in [0.2, 0.25) is 6.29 Å². The van der Waals surface area contributed by atoms with Crippen molar-refractivity contribution in [3.8, 4) is 0 Å². The largest absolute Gasteiger partial charge is 0.426 e. The molecule has 0 aromatic heterocycles. The monoisotopic (exact) mass is 231 g/mol. The molecule has 6 nitrogen and oxygen atoms in total. The summed E-state index contributed by atoms with van der Waals surface area (Å²) in [5, 5.41) is 9.26. The molecule has 0 bridgehead atoms. The number of likely N-dealkylation sites (tertiary alicyclic amines) is 1. The van der Waals surface area contributed by atoms with Gasteiger partial charge in [0, 0.05) is 26.9 Å². The van der Waals surface area contributed by atoms with E-state index < -0.39 is 18.4 Å². The first-order chi connectivity index (χ1) is 7.49. The van der Waals surface area contributed by atoms with Gasteiger partial charge in [0.15, 0.2) is 0 Å². The minimum Gasteiger partial charge on any atom is -0.426 e. The molecule has 1 saturated heterocycles. The summed E-state index contributed by atoms with van der Waals surface area (Å²) >= 11 is 0. The van der Waals surface area contributed by atoms with Crippen LogP contribution in [0, 0.1) is 0 Å². The highest BCUT2D eigenvalue weighted by Crippen LogP contribution is 2.11. The molecule has 0 spiro atoms. The van der Waals surface area contributed by atoms with Crippen molar-refractivity contribution in [1.29, 1.82) is 0 Å². The van der Waals surface area contributed by atoms with E-state index in [4.69, 9.17) is 4.74 Å². The minimum atomic E-state index is -0.878. The second-order valence-electron chi connectivity index (χ2n) is 3.78. The van der Waals surface area contributed by atoms with E-state index in [1.807, 2.05) is 0 Å². The lowest BCUT2D eigenvalue weighted by Gasteiger charge is -2.29. The Morgan fingerprint density at radius 2 is 1.88 bits per heavy atom. The molecule has 1 atom stereocenters. The molecule has 92 valence electrons. The zero-order chi connectivity index (χ0) is 12.1. The quantitative estimate of drug-likeness (QED) is 0.553. The Hall–Kier alpha value is -1.30. The van der Waals surface area contributed by atoms with Gasteiger partial charge in [-0.3, -0.25) is 4.79 Å². The zero-order valence-electron chi connectivity index (χ0n) is 9.51. The molecule has 16 heavy (non-hydrogen) atoms. The Morgan fingerprint density at radius 1 is 1.31 bits per heavy atom. The number of esters is 1. The fourth-order valence-corrected chi connectivity index (χ4v) is 1.52. The third kappa shape index (κ3) is 4.06. The molecule has 1 aliphatic heterocycles. The van der Waals surface area contributed by atoms with Crippen LogP contribution in [-0.4, -0.2) is 47.6 Å². The van der Waals surface area contributed by atoms with Crippen molar-refractivity contribution < 1.29 is 24.2 Å². The molecule has 6 heteroatoms. The number of carbonyl (C=O) groups is 2. The van der Waals surface area contributed by atoms with E-state index >= 15 is 0 Å². The molecule has 0 saturated carbocycles. The van der Waals surface area contributed by atoms with Crippen LogP contribution in [0.15, 0.2) is 0 Å². The first-order valence-corrected chi connectivity index (χ1v) is 5.30. The summed E-state index contributed by atoms with van der Waals surface area (Å²) in [6.45, 7) is 3.67. The third-order valence-electron chi connectivity index (χ3n) is 2.32. The van der Waals surface area contributed by atoms with E-state index in [1.54, 1.807) is 0 Å². The van der Waals surface area contributed by atoms with Gasteiger partial charge in [-0.15, -0.1) is 0 Å². The van der Waals surface area contributed by atoms with E-state index in [2.05, 4.69) is 4.74 Å². The van der Waals surface area contributed by atoms with Gasteiger partial charge in [-0.1, -0.05) is 0 Å². The summed E-state index contributed by atoms with van der Waals surface area (Å²) in [6, 6.07) is 0. The van der Waals surface area contributed by atoms with Crippen molar-refractivity contribution in [3.05, 3.63) is 0 Å². The second-order valence-corrected chi connectivity index (χ2v) is 3.78. The number of hydrogen-bond donors (Lipinski definition) is 1. The van der Waals surface area contributed by atoms with Crippen LogP contribution < -0.4 is 0 Å². The maximum absolute atomic E-state index is 11.5. The lowest BCUT2D eigenvalue weighted by molar-refractivity contribution is -0.163. The highest BCUT2D eigenvalue weighted by Gasteiger charge is 2.24. The van der Waals surface area contributed by atoms with Gasteiger partial charge < -0.3 is 19.5 Å². The number of piperidine rings is 1. The summed E-state index contributed by atoms with van der Waals surface area (Å²) in [5.74, 6) is -0.491. The van der Waals surface area contributed by atoms with Gasteiger partial charge in [0.25, 0.3) is 0 Å². The summed E-state index contributed by atoms with van der Waals surface area (Å²) in [7, 11) is 0. The lowest BCUT2D eigenvalue weighted by atomic mass is 10.1. The Balaban J connectivity index is 2.32. The van der Waals surface area contributed by atoms with Crippen molar-refractivity contribution in [1.82, 2.24) is 4.90 Å². The molecule has 1 N–H and O–H groups in total. The van der Waals surface area contributed by atoms with E-state index in [1.165, 1.54) is 18.7 Å².